The lowest BCUT2D eigenvalue weighted by Gasteiger charge is -2.32. The maximum absolute atomic E-state index is 12.9. The molecule has 1 N–H and O–H groups in total. The van der Waals surface area contributed by atoms with Gasteiger partial charge in [-0.05, 0) is 37.1 Å². The lowest BCUT2D eigenvalue weighted by molar-refractivity contribution is 0.102. The minimum absolute atomic E-state index is 0.0994. The Bertz CT molecular complexity index is 651. The number of likely N-dealkylation sites (tertiary alicyclic amines) is 1. The van der Waals surface area contributed by atoms with E-state index in [-0.39, 0.29) is 18.0 Å². The minimum atomic E-state index is -0.334. The summed E-state index contributed by atoms with van der Waals surface area (Å²) in [5.74, 6) is 0.171. The van der Waals surface area contributed by atoms with Crippen molar-refractivity contribution in [2.75, 3.05) is 18.4 Å². The molecule has 0 aliphatic carbocycles. The second-order valence-corrected chi connectivity index (χ2v) is 5.31. The fourth-order valence-corrected chi connectivity index (χ4v) is 2.47. The van der Waals surface area contributed by atoms with Gasteiger partial charge in [-0.2, -0.15) is 0 Å². The second kappa shape index (κ2) is 7.04. The van der Waals surface area contributed by atoms with E-state index in [1.165, 1.54) is 30.6 Å². The Morgan fingerprint density at radius 1 is 1.30 bits per heavy atom. The molecule has 1 fully saturated rings. The predicted octanol–water partition coefficient (Wildman–Crippen LogP) is 2.69. The van der Waals surface area contributed by atoms with Crippen molar-refractivity contribution in [3.63, 3.8) is 0 Å². The molecule has 0 spiro atoms. The molecule has 1 atom stereocenters. The number of urea groups is 1. The molecular weight excluding hydrogens is 299 g/mol. The molecule has 120 valence electrons. The second-order valence-electron chi connectivity index (χ2n) is 5.31. The topological polar surface area (TPSA) is 67.4 Å². The Balaban J connectivity index is 1.57. The number of hydrogen-bond acceptors (Lipinski definition) is 4. The minimum Gasteiger partial charge on any atom is -0.472 e. The van der Waals surface area contributed by atoms with E-state index in [4.69, 9.17) is 4.74 Å². The first kappa shape index (κ1) is 15.2. The SMILES string of the molecule is O=C(Nc1ccc(F)cc1)N1CCCC(Oc2ccncn2)C1. The van der Waals surface area contributed by atoms with Crippen LogP contribution in [0, 0.1) is 5.82 Å². The summed E-state index contributed by atoms with van der Waals surface area (Å²) in [5.41, 5.74) is 0.565. The van der Waals surface area contributed by atoms with Crippen LogP contribution in [0.3, 0.4) is 0 Å². The van der Waals surface area contributed by atoms with Crippen LogP contribution in [-0.4, -0.2) is 40.1 Å². The molecule has 2 amide bonds. The molecule has 3 rings (SSSR count). The highest BCUT2D eigenvalue weighted by molar-refractivity contribution is 5.89. The summed E-state index contributed by atoms with van der Waals surface area (Å²) in [7, 11) is 0. The first-order valence-electron chi connectivity index (χ1n) is 7.45. The van der Waals surface area contributed by atoms with Crippen LogP contribution in [0.25, 0.3) is 0 Å². The number of aromatic nitrogens is 2. The van der Waals surface area contributed by atoms with Gasteiger partial charge in [0.15, 0.2) is 0 Å². The van der Waals surface area contributed by atoms with Crippen molar-refractivity contribution < 1.29 is 13.9 Å². The molecule has 1 aromatic carbocycles. The summed E-state index contributed by atoms with van der Waals surface area (Å²) in [6.07, 6.45) is 4.66. The summed E-state index contributed by atoms with van der Waals surface area (Å²) in [4.78, 5) is 21.9. The number of anilines is 1. The van der Waals surface area contributed by atoms with Crippen molar-refractivity contribution in [2.24, 2.45) is 0 Å². The van der Waals surface area contributed by atoms with Crippen molar-refractivity contribution in [3.8, 4) is 5.88 Å². The summed E-state index contributed by atoms with van der Waals surface area (Å²) in [6.45, 7) is 1.15. The molecule has 23 heavy (non-hydrogen) atoms. The van der Waals surface area contributed by atoms with E-state index in [0.717, 1.165) is 12.8 Å². The van der Waals surface area contributed by atoms with Crippen LogP contribution in [0.1, 0.15) is 12.8 Å². The zero-order valence-electron chi connectivity index (χ0n) is 12.5. The number of nitrogens with one attached hydrogen (secondary N) is 1. The summed E-state index contributed by atoms with van der Waals surface area (Å²) in [5, 5.41) is 2.76. The van der Waals surface area contributed by atoms with Gasteiger partial charge in [0.05, 0.1) is 6.54 Å². The van der Waals surface area contributed by atoms with Crippen molar-refractivity contribution >= 4 is 11.7 Å². The normalized spacial score (nSPS) is 17.6. The number of hydrogen-bond donors (Lipinski definition) is 1. The van der Waals surface area contributed by atoms with Crippen LogP contribution < -0.4 is 10.1 Å². The van der Waals surface area contributed by atoms with Gasteiger partial charge in [-0.25, -0.2) is 19.2 Å². The first-order valence-corrected chi connectivity index (χ1v) is 7.45. The molecule has 1 aliphatic rings. The molecule has 1 aliphatic heterocycles. The van der Waals surface area contributed by atoms with Gasteiger partial charge in [0.25, 0.3) is 0 Å². The smallest absolute Gasteiger partial charge is 0.321 e. The van der Waals surface area contributed by atoms with Crippen LogP contribution >= 0.6 is 0 Å². The number of piperidine rings is 1. The summed E-state index contributed by atoms with van der Waals surface area (Å²) in [6, 6.07) is 7.17. The first-order chi connectivity index (χ1) is 11.2. The van der Waals surface area contributed by atoms with Crippen molar-refractivity contribution in [1.82, 2.24) is 14.9 Å². The van der Waals surface area contributed by atoms with Gasteiger partial charge in [0, 0.05) is 24.5 Å². The van der Waals surface area contributed by atoms with Crippen LogP contribution in [0.15, 0.2) is 42.9 Å². The molecule has 1 saturated heterocycles. The lowest BCUT2D eigenvalue weighted by atomic mass is 10.1. The fourth-order valence-electron chi connectivity index (χ4n) is 2.47. The summed E-state index contributed by atoms with van der Waals surface area (Å²) >= 11 is 0. The fraction of sp³-hybridized carbons (Fsp3) is 0.312. The molecule has 2 aromatic rings. The number of carbonyl (C=O) groups is 1. The lowest BCUT2D eigenvalue weighted by Crippen LogP contribution is -2.46. The highest BCUT2D eigenvalue weighted by atomic mass is 19.1. The summed E-state index contributed by atoms with van der Waals surface area (Å²) < 4.78 is 18.7. The number of halogens is 1. The Hall–Kier alpha value is -2.70. The molecule has 2 heterocycles. The molecule has 7 heteroatoms. The largest absolute Gasteiger partial charge is 0.472 e. The third-order valence-electron chi connectivity index (χ3n) is 3.60. The molecule has 6 nitrogen and oxygen atoms in total. The zero-order valence-corrected chi connectivity index (χ0v) is 12.5. The number of benzene rings is 1. The Kier molecular flexibility index (Phi) is 4.65. The Morgan fingerprint density at radius 2 is 2.13 bits per heavy atom. The third kappa shape index (κ3) is 4.15. The number of amides is 2. The van der Waals surface area contributed by atoms with Crippen LogP contribution in [-0.2, 0) is 0 Å². The molecular formula is C16H17FN4O2. The van der Waals surface area contributed by atoms with E-state index < -0.39 is 0 Å². The average Bonchev–Trinajstić information content (AvgIpc) is 2.58. The van der Waals surface area contributed by atoms with Crippen molar-refractivity contribution in [1.29, 1.82) is 0 Å². The standard InChI is InChI=1S/C16H17FN4O2/c17-12-3-5-13(6-4-12)20-16(22)21-9-1-2-14(10-21)23-15-7-8-18-11-19-15/h3-8,11,14H,1-2,9-10H2,(H,20,22). The van der Waals surface area contributed by atoms with Gasteiger partial charge in [-0.15, -0.1) is 0 Å². The number of carbonyl (C=O) groups excluding carboxylic acids is 1. The maximum Gasteiger partial charge on any atom is 0.321 e. The molecule has 0 saturated carbocycles. The Labute approximate surface area is 133 Å². The van der Waals surface area contributed by atoms with E-state index in [2.05, 4.69) is 15.3 Å². The predicted molar refractivity (Wildman–Crippen MR) is 82.7 cm³/mol. The van der Waals surface area contributed by atoms with E-state index in [9.17, 15) is 9.18 Å². The molecule has 0 bridgehead atoms. The number of nitrogens with zero attached hydrogens (tertiary/aromatic N) is 3. The average molecular weight is 316 g/mol. The molecule has 0 radical (unpaired) electrons. The van der Waals surface area contributed by atoms with Gasteiger partial charge >= 0.3 is 6.03 Å². The highest BCUT2D eigenvalue weighted by Crippen LogP contribution is 2.17. The van der Waals surface area contributed by atoms with Crippen molar-refractivity contribution in [3.05, 3.63) is 48.7 Å². The van der Waals surface area contributed by atoms with Crippen molar-refractivity contribution in [2.45, 2.75) is 18.9 Å². The van der Waals surface area contributed by atoms with E-state index in [1.54, 1.807) is 17.2 Å². The Morgan fingerprint density at radius 3 is 2.87 bits per heavy atom. The maximum atomic E-state index is 12.9. The monoisotopic (exact) mass is 316 g/mol. The van der Waals surface area contributed by atoms with E-state index in [0.29, 0.717) is 24.7 Å². The van der Waals surface area contributed by atoms with Crippen LogP contribution in [0.4, 0.5) is 14.9 Å². The van der Waals surface area contributed by atoms with E-state index in [1.807, 2.05) is 0 Å². The van der Waals surface area contributed by atoms with Gasteiger partial charge in [0.2, 0.25) is 5.88 Å². The van der Waals surface area contributed by atoms with Gasteiger partial charge < -0.3 is 15.0 Å². The van der Waals surface area contributed by atoms with Gasteiger partial charge in [0.1, 0.15) is 18.2 Å². The highest BCUT2D eigenvalue weighted by Gasteiger charge is 2.25. The number of rotatable bonds is 3. The zero-order chi connectivity index (χ0) is 16.1. The third-order valence-corrected chi connectivity index (χ3v) is 3.60. The quantitative estimate of drug-likeness (QED) is 0.945. The molecule has 1 aromatic heterocycles. The van der Waals surface area contributed by atoms with Crippen LogP contribution in [0.5, 0.6) is 5.88 Å². The number of ether oxygens (including phenoxy) is 1. The van der Waals surface area contributed by atoms with Crippen LogP contribution in [0.2, 0.25) is 0 Å². The molecule has 1 unspecified atom stereocenters. The van der Waals surface area contributed by atoms with Gasteiger partial charge in [-0.1, -0.05) is 0 Å². The van der Waals surface area contributed by atoms with Gasteiger partial charge in [-0.3, -0.25) is 0 Å². The van der Waals surface area contributed by atoms with E-state index >= 15 is 0 Å².